The third-order valence-corrected chi connectivity index (χ3v) is 4.43. The Kier molecular flexibility index (Phi) is 7.76. The molecule has 0 aliphatic carbocycles. The summed E-state index contributed by atoms with van der Waals surface area (Å²) in [4.78, 5) is 4.67. The minimum atomic E-state index is 0. The number of furan rings is 1. The molecule has 0 spiro atoms. The van der Waals surface area contributed by atoms with Crippen LogP contribution in [0, 0.1) is 0 Å². The number of aliphatic imine (C=N–C) groups is 1. The maximum Gasteiger partial charge on any atom is 0.192 e. The van der Waals surface area contributed by atoms with Crippen molar-refractivity contribution in [3.63, 3.8) is 0 Å². The number of nitrogens with zero attached hydrogens (tertiary/aromatic N) is 7. The lowest BCUT2D eigenvalue weighted by atomic mass is 10.4. The maximum absolute atomic E-state index is 5.39. The number of rotatable bonds is 8. The second kappa shape index (κ2) is 10.7. The van der Waals surface area contributed by atoms with E-state index in [2.05, 4.69) is 42.9 Å². The van der Waals surface area contributed by atoms with E-state index in [-0.39, 0.29) is 24.0 Å². The molecule has 0 bridgehead atoms. The first-order valence-electron chi connectivity index (χ1n) is 9.53. The minimum Gasteiger partial charge on any atom is -0.467 e. The van der Waals surface area contributed by atoms with Crippen LogP contribution in [0.1, 0.15) is 24.3 Å². The molecule has 0 atom stereocenters. The molecule has 0 unspecified atom stereocenters. The number of halogens is 1. The molecule has 10 nitrogen and oxygen atoms in total. The number of pyridine rings is 1. The molecule has 0 amide bonds. The molecule has 0 fully saturated rings. The third kappa shape index (κ3) is 5.34. The largest absolute Gasteiger partial charge is 0.467 e. The second-order valence-corrected chi connectivity index (χ2v) is 6.36. The molecule has 4 aromatic rings. The number of fused-ring (bicyclic) bond motifs is 1. The molecule has 0 radical (unpaired) electrons. The van der Waals surface area contributed by atoms with Crippen LogP contribution >= 0.6 is 24.0 Å². The number of hydrogen-bond donors (Lipinski definition) is 2. The van der Waals surface area contributed by atoms with Gasteiger partial charge in [-0.15, -0.1) is 44.4 Å². The number of hydrogen-bond acceptors (Lipinski definition) is 6. The quantitative estimate of drug-likeness (QED) is 0.208. The zero-order valence-electron chi connectivity index (χ0n) is 16.6. The summed E-state index contributed by atoms with van der Waals surface area (Å²) in [5, 5.41) is 23.1. The lowest BCUT2D eigenvalue weighted by molar-refractivity contribution is 0.500. The molecule has 158 valence electrons. The van der Waals surface area contributed by atoms with Gasteiger partial charge in [-0.05, 0) is 24.3 Å². The van der Waals surface area contributed by atoms with Crippen molar-refractivity contribution in [2.24, 2.45) is 4.99 Å². The van der Waals surface area contributed by atoms with Crippen molar-refractivity contribution in [1.29, 1.82) is 0 Å². The highest BCUT2D eigenvalue weighted by molar-refractivity contribution is 14.0. The normalized spacial score (nSPS) is 11.4. The third-order valence-electron chi connectivity index (χ3n) is 4.43. The van der Waals surface area contributed by atoms with Gasteiger partial charge < -0.3 is 19.6 Å². The summed E-state index contributed by atoms with van der Waals surface area (Å²) in [6, 6.07) is 9.58. The molecule has 2 N–H and O–H groups in total. The number of nitrogens with one attached hydrogen (secondary N) is 2. The van der Waals surface area contributed by atoms with Gasteiger partial charge in [-0.3, -0.25) is 4.40 Å². The van der Waals surface area contributed by atoms with Gasteiger partial charge in [0.25, 0.3) is 0 Å². The average Bonchev–Trinajstić information content (AvgIpc) is 3.50. The standard InChI is InChI=1S/C19H23N9O.HI/c1-2-16-24-23-14-27(16)10-8-20-19(21-12-15-6-5-11-29-15)22-13-18-26-25-17-7-3-4-9-28(17)18;/h3-7,9,11,14H,2,8,10,12-13H2,1H3,(H2,20,21,22);1H. The van der Waals surface area contributed by atoms with Gasteiger partial charge in [0.1, 0.15) is 24.5 Å². The van der Waals surface area contributed by atoms with Gasteiger partial charge in [0.05, 0.1) is 12.8 Å². The highest BCUT2D eigenvalue weighted by Crippen LogP contribution is 2.04. The van der Waals surface area contributed by atoms with Crippen molar-refractivity contribution in [2.75, 3.05) is 6.54 Å². The highest BCUT2D eigenvalue weighted by Gasteiger charge is 2.07. The smallest absolute Gasteiger partial charge is 0.192 e. The lowest BCUT2D eigenvalue weighted by Gasteiger charge is -2.12. The molecule has 0 saturated heterocycles. The van der Waals surface area contributed by atoms with Gasteiger partial charge in [-0.1, -0.05) is 13.0 Å². The van der Waals surface area contributed by atoms with Gasteiger partial charge in [-0.2, -0.15) is 0 Å². The minimum absolute atomic E-state index is 0. The van der Waals surface area contributed by atoms with Crippen molar-refractivity contribution in [3.8, 4) is 0 Å². The van der Waals surface area contributed by atoms with E-state index in [1.165, 1.54) is 0 Å². The van der Waals surface area contributed by atoms with E-state index in [0.717, 1.165) is 36.0 Å². The Morgan fingerprint density at radius 1 is 1.10 bits per heavy atom. The van der Waals surface area contributed by atoms with E-state index in [9.17, 15) is 0 Å². The van der Waals surface area contributed by atoms with E-state index in [1.807, 2.05) is 45.5 Å². The van der Waals surface area contributed by atoms with Crippen molar-refractivity contribution in [3.05, 3.63) is 66.5 Å². The summed E-state index contributed by atoms with van der Waals surface area (Å²) in [7, 11) is 0. The summed E-state index contributed by atoms with van der Waals surface area (Å²) in [5.74, 6) is 3.23. The van der Waals surface area contributed by atoms with Gasteiger partial charge in [0.15, 0.2) is 17.4 Å². The van der Waals surface area contributed by atoms with E-state index >= 15 is 0 Å². The average molecular weight is 521 g/mol. The molecule has 4 heterocycles. The molecule has 30 heavy (non-hydrogen) atoms. The molecule has 0 aromatic carbocycles. The van der Waals surface area contributed by atoms with Crippen LogP contribution in [-0.4, -0.2) is 41.9 Å². The first kappa shape index (κ1) is 21.7. The number of guanidine groups is 1. The van der Waals surface area contributed by atoms with E-state index in [4.69, 9.17) is 4.42 Å². The Morgan fingerprint density at radius 2 is 2.03 bits per heavy atom. The van der Waals surface area contributed by atoms with Crippen molar-refractivity contribution in [2.45, 2.75) is 33.0 Å². The first-order chi connectivity index (χ1) is 14.3. The second-order valence-electron chi connectivity index (χ2n) is 6.36. The fraction of sp³-hybridized carbons (Fsp3) is 0.316. The maximum atomic E-state index is 5.39. The predicted molar refractivity (Wildman–Crippen MR) is 122 cm³/mol. The Hall–Kier alpha value is -2.96. The fourth-order valence-corrected chi connectivity index (χ4v) is 2.94. The Balaban J connectivity index is 0.00000256. The summed E-state index contributed by atoms with van der Waals surface area (Å²) >= 11 is 0. The van der Waals surface area contributed by atoms with Gasteiger partial charge in [0, 0.05) is 25.7 Å². The van der Waals surface area contributed by atoms with Gasteiger partial charge in [-0.25, -0.2) is 4.99 Å². The lowest BCUT2D eigenvalue weighted by Crippen LogP contribution is -2.38. The number of aromatic nitrogens is 6. The summed E-state index contributed by atoms with van der Waals surface area (Å²) < 4.78 is 9.35. The van der Waals surface area contributed by atoms with Crippen molar-refractivity contribution in [1.82, 2.24) is 40.0 Å². The van der Waals surface area contributed by atoms with Crippen LogP contribution in [0.3, 0.4) is 0 Å². The molecule has 11 heteroatoms. The van der Waals surface area contributed by atoms with Crippen LogP contribution in [-0.2, 0) is 26.1 Å². The monoisotopic (exact) mass is 521 g/mol. The van der Waals surface area contributed by atoms with E-state index in [1.54, 1.807) is 12.6 Å². The molecule has 4 rings (SSSR count). The van der Waals surface area contributed by atoms with Crippen LogP contribution in [0.4, 0.5) is 0 Å². The fourth-order valence-electron chi connectivity index (χ4n) is 2.94. The van der Waals surface area contributed by atoms with Crippen LogP contribution in [0.5, 0.6) is 0 Å². The Morgan fingerprint density at radius 3 is 2.87 bits per heavy atom. The first-order valence-corrected chi connectivity index (χ1v) is 9.53. The summed E-state index contributed by atoms with van der Waals surface area (Å²) in [5.41, 5.74) is 0.801. The molecular formula is C19H24IN9O. The van der Waals surface area contributed by atoms with Crippen molar-refractivity contribution >= 4 is 35.6 Å². The van der Waals surface area contributed by atoms with Gasteiger partial charge in [0.2, 0.25) is 0 Å². The topological polar surface area (TPSA) is 110 Å². The Labute approximate surface area is 190 Å². The number of aryl methyl sites for hydroxylation is 1. The molecule has 0 saturated carbocycles. The molecular weight excluding hydrogens is 497 g/mol. The molecule has 4 aromatic heterocycles. The van der Waals surface area contributed by atoms with Crippen LogP contribution in [0.15, 0.2) is 58.5 Å². The van der Waals surface area contributed by atoms with E-state index < -0.39 is 0 Å². The van der Waals surface area contributed by atoms with Crippen molar-refractivity contribution < 1.29 is 4.42 Å². The molecule has 0 aliphatic heterocycles. The zero-order valence-corrected chi connectivity index (χ0v) is 18.9. The predicted octanol–water partition coefficient (Wildman–Crippen LogP) is 2.03. The van der Waals surface area contributed by atoms with Crippen LogP contribution < -0.4 is 10.6 Å². The summed E-state index contributed by atoms with van der Waals surface area (Å²) in [6.07, 6.45) is 6.18. The van der Waals surface area contributed by atoms with Gasteiger partial charge >= 0.3 is 0 Å². The summed E-state index contributed by atoms with van der Waals surface area (Å²) in [6.45, 7) is 4.41. The highest BCUT2D eigenvalue weighted by atomic mass is 127. The molecule has 0 aliphatic rings. The van der Waals surface area contributed by atoms with Crippen LogP contribution in [0.25, 0.3) is 5.65 Å². The van der Waals surface area contributed by atoms with E-state index in [0.29, 0.717) is 25.6 Å². The zero-order chi connectivity index (χ0) is 19.9. The van der Waals surface area contributed by atoms with Crippen LogP contribution in [0.2, 0.25) is 0 Å². The Bertz CT molecular complexity index is 1070. The SMILES string of the molecule is CCc1nncn1CCNC(=NCc1nnc2ccccn12)NCc1ccco1.I.